The van der Waals surface area contributed by atoms with E-state index >= 15 is 0 Å². The number of hydrogen-bond donors (Lipinski definition) is 0. The molecule has 3 nitrogen and oxygen atoms in total. The van der Waals surface area contributed by atoms with E-state index in [0.29, 0.717) is 0 Å². The minimum absolute atomic E-state index is 0.261. The molecule has 0 amide bonds. The number of nitroso groups, excluding NO2 is 1. The van der Waals surface area contributed by atoms with Gasteiger partial charge in [-0.3, -0.25) is 0 Å². The molecular weight excluding hydrogens is 152 g/mol. The molecule has 0 saturated carbocycles. The van der Waals surface area contributed by atoms with E-state index in [-0.39, 0.29) is 5.88 Å². The van der Waals surface area contributed by atoms with Gasteiger partial charge >= 0.3 is 0 Å². The fraction of sp³-hybridized carbons (Fsp3) is 0.833. The first-order chi connectivity index (χ1) is 4.58. The zero-order chi connectivity index (χ0) is 8.20. The molecule has 0 radical (unpaired) electrons. The van der Waals surface area contributed by atoms with Crippen LogP contribution in [0.1, 0.15) is 13.8 Å². The van der Waals surface area contributed by atoms with Crippen molar-refractivity contribution in [2.24, 2.45) is 10.6 Å². The van der Waals surface area contributed by atoms with Crippen LogP contribution in [0.5, 0.6) is 0 Å². The summed E-state index contributed by atoms with van der Waals surface area (Å²) in [6.45, 7) is 3.46. The Morgan fingerprint density at radius 3 is 2.40 bits per heavy atom. The van der Waals surface area contributed by atoms with Gasteiger partial charge in [-0.1, -0.05) is 19.0 Å². The second-order valence-corrected chi connectivity index (χ2v) is 3.03. The van der Waals surface area contributed by atoms with Crippen LogP contribution in [0.25, 0.3) is 0 Å². The van der Waals surface area contributed by atoms with Crippen LogP contribution in [0, 0.1) is 21.7 Å². The molecule has 0 fully saturated rings. The Bertz CT molecular complexity index is 162. The number of nitriles is 1. The van der Waals surface area contributed by atoms with Crippen molar-refractivity contribution in [1.29, 1.82) is 5.26 Å². The van der Waals surface area contributed by atoms with E-state index in [0.717, 1.165) is 0 Å². The van der Waals surface area contributed by atoms with Crippen molar-refractivity contribution in [3.63, 3.8) is 0 Å². The van der Waals surface area contributed by atoms with Gasteiger partial charge in [0.25, 0.3) is 0 Å². The molecule has 0 aromatic carbocycles. The Labute approximate surface area is 65.0 Å². The summed E-state index contributed by atoms with van der Waals surface area (Å²) in [7, 11) is 0. The SMILES string of the molecule is CC(C)(CCl)C(C#N)N=O. The van der Waals surface area contributed by atoms with Crippen LogP contribution >= 0.6 is 11.6 Å². The van der Waals surface area contributed by atoms with E-state index in [2.05, 4.69) is 5.18 Å². The maximum absolute atomic E-state index is 10.0. The normalized spacial score (nSPS) is 13.8. The minimum atomic E-state index is -0.843. The molecule has 1 unspecified atom stereocenters. The summed E-state index contributed by atoms with van der Waals surface area (Å²) in [6, 6.07) is 0.937. The highest BCUT2D eigenvalue weighted by Gasteiger charge is 2.29. The third-order valence-corrected chi connectivity index (χ3v) is 2.00. The lowest BCUT2D eigenvalue weighted by Crippen LogP contribution is -2.27. The van der Waals surface area contributed by atoms with Gasteiger partial charge in [-0.2, -0.15) is 5.26 Å². The van der Waals surface area contributed by atoms with Gasteiger partial charge < -0.3 is 0 Å². The van der Waals surface area contributed by atoms with Crippen molar-refractivity contribution in [3.8, 4) is 6.07 Å². The third kappa shape index (κ3) is 1.96. The second-order valence-electron chi connectivity index (χ2n) is 2.76. The summed E-state index contributed by atoms with van der Waals surface area (Å²) in [5.41, 5.74) is -0.516. The van der Waals surface area contributed by atoms with Crippen LogP contribution in [0.2, 0.25) is 0 Å². The van der Waals surface area contributed by atoms with Crippen LogP contribution in [-0.4, -0.2) is 11.9 Å². The fourth-order valence-electron chi connectivity index (χ4n) is 0.414. The van der Waals surface area contributed by atoms with E-state index in [1.807, 2.05) is 0 Å². The highest BCUT2D eigenvalue weighted by atomic mass is 35.5. The van der Waals surface area contributed by atoms with Gasteiger partial charge in [-0.25, -0.2) is 0 Å². The Balaban J connectivity index is 4.29. The van der Waals surface area contributed by atoms with Gasteiger partial charge in [0.15, 0.2) is 6.04 Å². The van der Waals surface area contributed by atoms with E-state index in [4.69, 9.17) is 16.9 Å². The quantitative estimate of drug-likeness (QED) is 0.468. The number of hydrogen-bond acceptors (Lipinski definition) is 3. The number of alkyl halides is 1. The van der Waals surface area contributed by atoms with Crippen molar-refractivity contribution in [2.45, 2.75) is 19.9 Å². The van der Waals surface area contributed by atoms with Gasteiger partial charge in [0, 0.05) is 11.3 Å². The molecule has 0 spiro atoms. The molecule has 0 rings (SSSR count). The summed E-state index contributed by atoms with van der Waals surface area (Å²) in [5.74, 6) is 0.261. The average molecular weight is 161 g/mol. The molecule has 0 aliphatic heterocycles. The molecule has 56 valence electrons. The number of halogens is 1. The van der Waals surface area contributed by atoms with Crippen molar-refractivity contribution in [1.82, 2.24) is 0 Å². The molecule has 1 atom stereocenters. The lowest BCUT2D eigenvalue weighted by molar-refractivity contribution is 0.378. The van der Waals surface area contributed by atoms with Crippen LogP contribution in [0.4, 0.5) is 0 Å². The minimum Gasteiger partial charge on any atom is -0.196 e. The summed E-state index contributed by atoms with van der Waals surface area (Å²) < 4.78 is 0. The van der Waals surface area contributed by atoms with Crippen molar-refractivity contribution in [2.75, 3.05) is 5.88 Å². The number of rotatable bonds is 3. The summed E-state index contributed by atoms with van der Waals surface area (Å²) in [6.07, 6.45) is 0. The largest absolute Gasteiger partial charge is 0.196 e. The van der Waals surface area contributed by atoms with E-state index in [9.17, 15) is 4.91 Å². The van der Waals surface area contributed by atoms with Crippen molar-refractivity contribution in [3.05, 3.63) is 4.91 Å². The summed E-state index contributed by atoms with van der Waals surface area (Å²) in [4.78, 5) is 10.0. The average Bonchev–Trinajstić information content (AvgIpc) is 1.90. The van der Waals surface area contributed by atoms with E-state index in [1.54, 1.807) is 19.9 Å². The molecular formula is C6H9ClN2O. The van der Waals surface area contributed by atoms with Crippen LogP contribution in [-0.2, 0) is 0 Å². The van der Waals surface area contributed by atoms with Gasteiger partial charge in [-0.05, 0) is 0 Å². The zero-order valence-electron chi connectivity index (χ0n) is 5.97. The predicted molar refractivity (Wildman–Crippen MR) is 39.7 cm³/mol. The molecule has 0 bridgehead atoms. The molecule has 0 aromatic heterocycles. The summed E-state index contributed by atoms with van der Waals surface area (Å²) >= 11 is 5.50. The van der Waals surface area contributed by atoms with E-state index in [1.165, 1.54) is 0 Å². The molecule has 0 saturated heterocycles. The second kappa shape index (κ2) is 3.52. The molecule has 0 aromatic rings. The lowest BCUT2D eigenvalue weighted by Gasteiger charge is -2.20. The Morgan fingerprint density at radius 2 is 2.30 bits per heavy atom. The predicted octanol–water partition coefficient (Wildman–Crippen LogP) is 1.91. The monoisotopic (exact) mass is 160 g/mol. The van der Waals surface area contributed by atoms with E-state index < -0.39 is 11.5 Å². The maximum Gasteiger partial charge on any atom is 0.184 e. The van der Waals surface area contributed by atoms with Gasteiger partial charge in [0.05, 0.1) is 6.07 Å². The third-order valence-electron chi connectivity index (χ3n) is 1.31. The Hall–Kier alpha value is -0.620. The number of nitrogens with zero attached hydrogens (tertiary/aromatic N) is 2. The maximum atomic E-state index is 10.0. The lowest BCUT2D eigenvalue weighted by atomic mass is 9.88. The van der Waals surface area contributed by atoms with Gasteiger partial charge in [0.1, 0.15) is 0 Å². The van der Waals surface area contributed by atoms with Gasteiger partial charge in [0.2, 0.25) is 0 Å². The first-order valence-electron chi connectivity index (χ1n) is 2.86. The van der Waals surface area contributed by atoms with Crippen LogP contribution < -0.4 is 0 Å². The van der Waals surface area contributed by atoms with Gasteiger partial charge in [-0.15, -0.1) is 16.5 Å². The van der Waals surface area contributed by atoms with Crippen LogP contribution in [0.15, 0.2) is 5.18 Å². The Morgan fingerprint density at radius 1 is 1.80 bits per heavy atom. The Kier molecular flexibility index (Phi) is 3.31. The molecule has 0 aliphatic carbocycles. The molecule has 0 aliphatic rings. The summed E-state index contributed by atoms with van der Waals surface area (Å²) in [5, 5.41) is 11.0. The molecule has 0 heterocycles. The first kappa shape index (κ1) is 9.38. The van der Waals surface area contributed by atoms with Crippen molar-refractivity contribution >= 4 is 11.6 Å². The van der Waals surface area contributed by atoms with Crippen molar-refractivity contribution < 1.29 is 0 Å². The van der Waals surface area contributed by atoms with Crippen LogP contribution in [0.3, 0.4) is 0 Å². The zero-order valence-corrected chi connectivity index (χ0v) is 6.72. The molecule has 0 N–H and O–H groups in total. The highest BCUT2D eigenvalue weighted by molar-refractivity contribution is 6.18. The smallest absolute Gasteiger partial charge is 0.184 e. The molecule has 4 heteroatoms. The fourth-order valence-corrected chi connectivity index (χ4v) is 0.560. The standard InChI is InChI=1S/C6H9ClN2O/c1-6(2,4-7)5(3-8)9-10/h5H,4H2,1-2H3. The highest BCUT2D eigenvalue weighted by Crippen LogP contribution is 2.23. The first-order valence-corrected chi connectivity index (χ1v) is 3.40. The molecule has 10 heavy (non-hydrogen) atoms. The topological polar surface area (TPSA) is 53.2 Å².